The average Bonchev–Trinajstić information content (AvgIpc) is 3.25. The van der Waals surface area contributed by atoms with E-state index in [-0.39, 0.29) is 12.5 Å². The van der Waals surface area contributed by atoms with Gasteiger partial charge in [-0.05, 0) is 48.0 Å². The number of aromatic nitrogens is 1. The van der Waals surface area contributed by atoms with Gasteiger partial charge in [0, 0.05) is 30.9 Å². The number of rotatable bonds is 4. The summed E-state index contributed by atoms with van der Waals surface area (Å²) in [5, 5.41) is 4.95. The van der Waals surface area contributed by atoms with Crippen LogP contribution in [0.5, 0.6) is 0 Å². The van der Waals surface area contributed by atoms with Gasteiger partial charge in [-0.1, -0.05) is 11.6 Å². The number of hydrogen-bond donors (Lipinski definition) is 1. The molecule has 8 nitrogen and oxygen atoms in total. The minimum atomic E-state index is -0.429. The summed E-state index contributed by atoms with van der Waals surface area (Å²) in [5.74, 6) is 0.849. The molecule has 2 aliphatic rings. The molecule has 0 spiro atoms. The average molecular weight is 426 g/mol. The minimum Gasteiger partial charge on any atom is -0.473 e. The third-order valence-corrected chi connectivity index (χ3v) is 4.77. The van der Waals surface area contributed by atoms with Crippen LogP contribution in [0.3, 0.4) is 0 Å². The van der Waals surface area contributed by atoms with Gasteiger partial charge in [0.1, 0.15) is 12.3 Å². The van der Waals surface area contributed by atoms with Crippen LogP contribution in [0.4, 0.5) is 5.69 Å². The van der Waals surface area contributed by atoms with E-state index in [1.165, 1.54) is 4.90 Å². The van der Waals surface area contributed by atoms with Gasteiger partial charge in [0.25, 0.3) is 5.91 Å². The summed E-state index contributed by atoms with van der Waals surface area (Å²) < 4.78 is 11.7. The van der Waals surface area contributed by atoms with E-state index in [2.05, 4.69) is 20.5 Å². The van der Waals surface area contributed by atoms with Crippen molar-refractivity contribution in [1.82, 2.24) is 15.3 Å². The largest absolute Gasteiger partial charge is 0.473 e. The second kappa shape index (κ2) is 8.64. The molecule has 1 unspecified atom stereocenters. The number of ether oxygens (including phenoxy) is 2. The maximum absolute atomic E-state index is 12.1. The van der Waals surface area contributed by atoms with Crippen molar-refractivity contribution in [2.45, 2.75) is 12.7 Å². The first-order valence-corrected chi connectivity index (χ1v) is 9.68. The van der Waals surface area contributed by atoms with Crippen molar-refractivity contribution < 1.29 is 14.3 Å². The van der Waals surface area contributed by atoms with Crippen LogP contribution in [0, 0.1) is 0 Å². The van der Waals surface area contributed by atoms with Gasteiger partial charge in [0.15, 0.2) is 11.9 Å². The molecule has 0 fully saturated rings. The lowest BCUT2D eigenvalue weighted by molar-refractivity contribution is 0.0821. The number of benzene rings is 1. The third-order valence-electron chi connectivity index (χ3n) is 4.52. The van der Waals surface area contributed by atoms with Crippen molar-refractivity contribution in [3.63, 3.8) is 0 Å². The van der Waals surface area contributed by atoms with Gasteiger partial charge in [0.2, 0.25) is 5.90 Å². The Morgan fingerprint density at radius 2 is 2.13 bits per heavy atom. The predicted octanol–water partition coefficient (Wildman–Crippen LogP) is 2.93. The highest BCUT2D eigenvalue weighted by atomic mass is 35.5. The molecule has 154 valence electrons. The molecule has 1 amide bonds. The van der Waals surface area contributed by atoms with E-state index in [0.29, 0.717) is 29.1 Å². The Morgan fingerprint density at radius 3 is 2.90 bits per heavy atom. The number of amidine groups is 1. The minimum absolute atomic E-state index is 0.166. The molecule has 1 N–H and O–H groups in total. The van der Waals surface area contributed by atoms with Crippen molar-refractivity contribution >= 4 is 34.9 Å². The Bertz CT molecular complexity index is 1050. The van der Waals surface area contributed by atoms with Crippen molar-refractivity contribution in [3.8, 4) is 0 Å². The number of hydrogen-bond acceptors (Lipinski definition) is 6. The van der Waals surface area contributed by atoms with Crippen LogP contribution in [0.2, 0.25) is 5.02 Å². The normalized spacial score (nSPS) is 18.9. The monoisotopic (exact) mass is 425 g/mol. The molecule has 2 aliphatic heterocycles. The third kappa shape index (κ3) is 4.34. The van der Waals surface area contributed by atoms with E-state index >= 15 is 0 Å². The van der Waals surface area contributed by atoms with Crippen molar-refractivity contribution in [3.05, 3.63) is 70.5 Å². The molecular formula is C21H20ClN5O3. The van der Waals surface area contributed by atoms with E-state index < -0.39 is 6.10 Å². The second-order valence-electron chi connectivity index (χ2n) is 6.91. The molecule has 0 radical (unpaired) electrons. The number of aliphatic imine (C=N–C) groups is 1. The quantitative estimate of drug-likeness (QED) is 0.813. The number of nitrogens with one attached hydrogen (secondary N) is 1. The maximum Gasteiger partial charge on any atom is 0.271 e. The number of nitrogens with zero attached hydrogens (tertiary/aromatic N) is 4. The number of pyridine rings is 1. The number of amides is 1. The first-order chi connectivity index (χ1) is 14.5. The van der Waals surface area contributed by atoms with Crippen LogP contribution >= 0.6 is 11.6 Å². The van der Waals surface area contributed by atoms with E-state index in [9.17, 15) is 4.79 Å². The van der Waals surface area contributed by atoms with Gasteiger partial charge in [-0.2, -0.15) is 0 Å². The SMILES string of the molecule is CN(C)C(=O)c1cc(COC2=NNC(=Nc3ccc(Cl)cc3)C3=CCOC32)ccn1. The fraction of sp³-hybridized carbons (Fsp3) is 0.238. The Morgan fingerprint density at radius 1 is 1.33 bits per heavy atom. The zero-order valence-corrected chi connectivity index (χ0v) is 17.3. The Balaban J connectivity index is 1.48. The molecule has 0 aliphatic carbocycles. The number of hydrazone groups is 1. The lowest BCUT2D eigenvalue weighted by Crippen LogP contribution is -2.39. The summed E-state index contributed by atoms with van der Waals surface area (Å²) in [6, 6.07) is 10.7. The number of carbonyl (C=O) groups excluding carboxylic acids is 1. The van der Waals surface area contributed by atoms with Crippen LogP contribution in [0.15, 0.2) is 64.3 Å². The van der Waals surface area contributed by atoms with Crippen molar-refractivity contribution in [2.24, 2.45) is 10.1 Å². The Labute approximate surface area is 178 Å². The molecule has 1 aromatic carbocycles. The molecule has 0 saturated carbocycles. The summed E-state index contributed by atoms with van der Waals surface area (Å²) in [6.07, 6.45) is 3.11. The predicted molar refractivity (Wildman–Crippen MR) is 114 cm³/mol. The molecule has 2 aromatic rings. The number of halogens is 1. The lowest BCUT2D eigenvalue weighted by Gasteiger charge is -2.23. The zero-order valence-electron chi connectivity index (χ0n) is 16.5. The topological polar surface area (TPSA) is 88.4 Å². The molecule has 30 heavy (non-hydrogen) atoms. The van der Waals surface area contributed by atoms with Crippen LogP contribution in [-0.2, 0) is 16.1 Å². The van der Waals surface area contributed by atoms with E-state index in [1.54, 1.807) is 44.6 Å². The number of fused-ring (bicyclic) bond motifs is 1. The second-order valence-corrected chi connectivity index (χ2v) is 7.35. The van der Waals surface area contributed by atoms with Crippen LogP contribution < -0.4 is 5.43 Å². The summed E-state index contributed by atoms with van der Waals surface area (Å²) in [6.45, 7) is 0.675. The summed E-state index contributed by atoms with van der Waals surface area (Å²) in [7, 11) is 3.37. The van der Waals surface area contributed by atoms with Crippen molar-refractivity contribution in [2.75, 3.05) is 20.7 Å². The van der Waals surface area contributed by atoms with Crippen LogP contribution in [0.1, 0.15) is 16.1 Å². The first kappa shape index (κ1) is 20.1. The molecule has 1 aromatic heterocycles. The molecule has 1 atom stereocenters. The van der Waals surface area contributed by atoms with Gasteiger partial charge >= 0.3 is 0 Å². The smallest absolute Gasteiger partial charge is 0.271 e. The van der Waals surface area contributed by atoms with Gasteiger partial charge in [-0.3, -0.25) is 15.2 Å². The van der Waals surface area contributed by atoms with Gasteiger partial charge in [0.05, 0.1) is 12.3 Å². The van der Waals surface area contributed by atoms with Crippen LogP contribution in [0.25, 0.3) is 0 Å². The Hall–Kier alpha value is -3.23. The first-order valence-electron chi connectivity index (χ1n) is 9.30. The molecule has 0 saturated heterocycles. The van der Waals surface area contributed by atoms with Gasteiger partial charge in [-0.25, -0.2) is 4.99 Å². The summed E-state index contributed by atoms with van der Waals surface area (Å²) >= 11 is 5.93. The highest BCUT2D eigenvalue weighted by molar-refractivity contribution is 6.30. The molecular weight excluding hydrogens is 406 g/mol. The van der Waals surface area contributed by atoms with Gasteiger partial charge < -0.3 is 14.4 Å². The van der Waals surface area contributed by atoms with Gasteiger partial charge in [-0.15, -0.1) is 5.10 Å². The summed E-state index contributed by atoms with van der Waals surface area (Å²) in [4.78, 5) is 22.3. The highest BCUT2D eigenvalue weighted by Crippen LogP contribution is 2.24. The lowest BCUT2D eigenvalue weighted by atomic mass is 10.1. The van der Waals surface area contributed by atoms with E-state index in [1.807, 2.05) is 18.2 Å². The summed E-state index contributed by atoms with van der Waals surface area (Å²) in [5.41, 5.74) is 5.73. The fourth-order valence-corrected chi connectivity index (χ4v) is 3.12. The molecule has 0 bridgehead atoms. The number of carbonyl (C=O) groups is 1. The van der Waals surface area contributed by atoms with E-state index in [0.717, 1.165) is 16.8 Å². The van der Waals surface area contributed by atoms with Crippen molar-refractivity contribution in [1.29, 1.82) is 0 Å². The maximum atomic E-state index is 12.1. The molecule has 9 heteroatoms. The Kier molecular flexibility index (Phi) is 5.78. The zero-order chi connectivity index (χ0) is 21.1. The standard InChI is InChI=1S/C21H20ClN5O3/c1-27(2)21(28)17-11-13(7-9-23-17)12-30-20-18-16(8-10-29-18)19(25-26-20)24-15-5-3-14(22)4-6-15/h3-9,11,18H,10,12H2,1-2H3,(H,24,25). The molecule has 4 rings (SSSR count). The highest BCUT2D eigenvalue weighted by Gasteiger charge is 2.34. The fourth-order valence-electron chi connectivity index (χ4n) is 3.00. The van der Waals surface area contributed by atoms with E-state index in [4.69, 9.17) is 21.1 Å². The molecule has 3 heterocycles. The van der Waals surface area contributed by atoms with Crippen LogP contribution in [-0.4, -0.2) is 54.3 Å².